The van der Waals surface area contributed by atoms with Gasteiger partial charge in [0.15, 0.2) is 0 Å². The Bertz CT molecular complexity index is 377. The van der Waals surface area contributed by atoms with E-state index in [-0.39, 0.29) is 0 Å². The average molecular weight is 287 g/mol. The molecule has 0 aliphatic heterocycles. The molecule has 0 amide bonds. The van der Waals surface area contributed by atoms with Gasteiger partial charge in [0.1, 0.15) is 0 Å². The van der Waals surface area contributed by atoms with Crippen LogP contribution in [0.2, 0.25) is 0 Å². The molecule has 0 atom stereocenters. The quantitative estimate of drug-likeness (QED) is 0.555. The molecule has 5 aliphatic rings. The smallest absolute Gasteiger partial charge is 0.0184 e. The van der Waals surface area contributed by atoms with Gasteiger partial charge in [-0.05, 0) is 111 Å². The van der Waals surface area contributed by atoms with Gasteiger partial charge in [0.25, 0.3) is 0 Å². The predicted molar refractivity (Wildman–Crippen MR) is 88.1 cm³/mol. The van der Waals surface area contributed by atoms with Crippen LogP contribution in [0, 0.1) is 34.0 Å². The molecule has 5 rings (SSSR count). The maximum absolute atomic E-state index is 2.53. The van der Waals surface area contributed by atoms with Gasteiger partial charge in [0, 0.05) is 0 Å². The summed E-state index contributed by atoms with van der Waals surface area (Å²) in [6.07, 6.45) is 22.5. The topological polar surface area (TPSA) is 0 Å². The van der Waals surface area contributed by atoms with Crippen molar-refractivity contribution in [1.82, 2.24) is 0 Å². The normalized spacial score (nSPS) is 59.0. The monoisotopic (exact) mass is 286 g/mol. The zero-order valence-corrected chi connectivity index (χ0v) is 14.1. The Morgan fingerprint density at radius 1 is 0.571 bits per heavy atom. The number of fused-ring (bicyclic) bond motifs is 4. The highest BCUT2D eigenvalue weighted by Gasteiger charge is 2.67. The van der Waals surface area contributed by atoms with Crippen LogP contribution in [0.25, 0.3) is 0 Å². The van der Waals surface area contributed by atoms with Crippen LogP contribution in [0.3, 0.4) is 0 Å². The van der Waals surface area contributed by atoms with E-state index in [9.17, 15) is 0 Å². The lowest BCUT2D eigenvalue weighted by molar-refractivity contribution is -0.117. The average Bonchev–Trinajstić information content (AvgIpc) is 3.29. The first-order valence-electron chi connectivity index (χ1n) is 10.2. The second-order valence-electron chi connectivity index (χ2n) is 10.1. The highest BCUT2D eigenvalue weighted by Crippen LogP contribution is 2.77. The molecular formula is C21H34. The van der Waals surface area contributed by atoms with Crippen molar-refractivity contribution in [2.75, 3.05) is 0 Å². The summed E-state index contributed by atoms with van der Waals surface area (Å²) in [6.45, 7) is 2.53. The molecule has 5 aliphatic carbocycles. The second-order valence-corrected chi connectivity index (χ2v) is 10.1. The molecule has 0 saturated heterocycles. The van der Waals surface area contributed by atoms with E-state index in [0.717, 1.165) is 34.0 Å². The molecule has 0 radical (unpaired) electrons. The molecule has 0 aromatic carbocycles. The van der Waals surface area contributed by atoms with Crippen molar-refractivity contribution < 1.29 is 0 Å². The Morgan fingerprint density at radius 2 is 1.00 bits per heavy atom. The lowest BCUT2D eigenvalue weighted by Gasteiger charge is -2.61. The largest absolute Gasteiger partial charge is 0.0625 e. The SMILES string of the molecule is CC1CCC(C23CCC(CC2)C3)(C23CCC(CC2)C3)CC1. The van der Waals surface area contributed by atoms with Crippen molar-refractivity contribution in [1.29, 1.82) is 0 Å². The highest BCUT2D eigenvalue weighted by atomic mass is 14.7. The Balaban J connectivity index is 1.58. The van der Waals surface area contributed by atoms with Gasteiger partial charge < -0.3 is 0 Å². The number of rotatable bonds is 2. The van der Waals surface area contributed by atoms with Crippen LogP contribution < -0.4 is 0 Å². The molecule has 0 heteroatoms. The van der Waals surface area contributed by atoms with Gasteiger partial charge in [-0.2, -0.15) is 0 Å². The van der Waals surface area contributed by atoms with E-state index in [2.05, 4.69) is 6.92 Å². The lowest BCUT2D eigenvalue weighted by Crippen LogP contribution is -2.52. The van der Waals surface area contributed by atoms with Crippen LogP contribution in [-0.2, 0) is 0 Å². The van der Waals surface area contributed by atoms with E-state index in [1.807, 2.05) is 0 Å². The standard InChI is InChI=1S/C21H34/c1-16-2-12-21(13-3-16,19-8-4-17(14-19)5-9-19)20-10-6-18(15-20)7-11-20/h16-18H,2-15H2,1H3. The van der Waals surface area contributed by atoms with Crippen molar-refractivity contribution >= 4 is 0 Å². The molecular weight excluding hydrogens is 252 g/mol. The first-order chi connectivity index (χ1) is 10.2. The zero-order valence-electron chi connectivity index (χ0n) is 14.1. The fraction of sp³-hybridized carbons (Fsp3) is 1.00. The van der Waals surface area contributed by atoms with Crippen molar-refractivity contribution in [3.63, 3.8) is 0 Å². The van der Waals surface area contributed by atoms with Gasteiger partial charge in [-0.1, -0.05) is 19.8 Å². The van der Waals surface area contributed by atoms with Crippen molar-refractivity contribution in [2.24, 2.45) is 34.0 Å². The minimum Gasteiger partial charge on any atom is -0.0625 e. The first kappa shape index (κ1) is 13.4. The molecule has 21 heavy (non-hydrogen) atoms. The van der Waals surface area contributed by atoms with Crippen molar-refractivity contribution in [2.45, 2.75) is 96.8 Å². The molecule has 4 bridgehead atoms. The molecule has 0 spiro atoms. The van der Waals surface area contributed by atoms with E-state index in [4.69, 9.17) is 0 Å². The van der Waals surface area contributed by atoms with Gasteiger partial charge in [-0.25, -0.2) is 0 Å². The molecule has 5 saturated carbocycles. The summed E-state index contributed by atoms with van der Waals surface area (Å²) in [5.74, 6) is 3.29. The first-order valence-corrected chi connectivity index (χ1v) is 10.2. The molecule has 0 nitrogen and oxygen atoms in total. The van der Waals surface area contributed by atoms with Gasteiger partial charge in [-0.3, -0.25) is 0 Å². The van der Waals surface area contributed by atoms with Crippen LogP contribution in [0.1, 0.15) is 96.8 Å². The minimum absolute atomic E-state index is 0.795. The molecule has 0 heterocycles. The molecule has 0 unspecified atom stereocenters. The lowest BCUT2D eigenvalue weighted by atomic mass is 9.43. The minimum atomic E-state index is 0.795. The summed E-state index contributed by atoms with van der Waals surface area (Å²) in [5, 5.41) is 0. The van der Waals surface area contributed by atoms with E-state index in [0.29, 0.717) is 0 Å². The summed E-state index contributed by atoms with van der Waals surface area (Å²) in [7, 11) is 0. The van der Waals surface area contributed by atoms with Gasteiger partial charge in [0.05, 0.1) is 0 Å². The predicted octanol–water partition coefficient (Wildman–Crippen LogP) is 6.34. The van der Waals surface area contributed by atoms with Crippen LogP contribution >= 0.6 is 0 Å². The molecule has 0 aromatic rings. The van der Waals surface area contributed by atoms with Crippen LogP contribution in [0.4, 0.5) is 0 Å². The Morgan fingerprint density at radius 3 is 1.33 bits per heavy atom. The van der Waals surface area contributed by atoms with Crippen LogP contribution in [0.15, 0.2) is 0 Å². The molecule has 0 N–H and O–H groups in total. The van der Waals surface area contributed by atoms with E-state index >= 15 is 0 Å². The maximum atomic E-state index is 2.53. The molecule has 118 valence electrons. The third kappa shape index (κ3) is 1.58. The highest BCUT2D eigenvalue weighted by molar-refractivity contribution is 5.17. The maximum Gasteiger partial charge on any atom is -0.0184 e. The fourth-order valence-electron chi connectivity index (χ4n) is 8.61. The van der Waals surface area contributed by atoms with Gasteiger partial charge in [-0.15, -0.1) is 0 Å². The summed E-state index contributed by atoms with van der Waals surface area (Å²) < 4.78 is 0. The van der Waals surface area contributed by atoms with Crippen LogP contribution in [0.5, 0.6) is 0 Å². The number of hydrogen-bond acceptors (Lipinski definition) is 0. The zero-order chi connectivity index (χ0) is 14.1. The van der Waals surface area contributed by atoms with E-state index in [1.54, 1.807) is 89.9 Å². The third-order valence-corrected chi connectivity index (χ3v) is 9.64. The van der Waals surface area contributed by atoms with E-state index in [1.165, 1.54) is 0 Å². The van der Waals surface area contributed by atoms with Gasteiger partial charge in [0.2, 0.25) is 0 Å². The summed E-state index contributed by atoms with van der Waals surface area (Å²) in [4.78, 5) is 0. The van der Waals surface area contributed by atoms with Crippen molar-refractivity contribution in [3.8, 4) is 0 Å². The van der Waals surface area contributed by atoms with Gasteiger partial charge >= 0.3 is 0 Å². The Hall–Kier alpha value is 0. The summed E-state index contributed by atoms with van der Waals surface area (Å²) in [5.41, 5.74) is 2.43. The van der Waals surface area contributed by atoms with E-state index < -0.39 is 0 Å². The Kier molecular flexibility index (Phi) is 2.75. The third-order valence-electron chi connectivity index (χ3n) is 9.64. The van der Waals surface area contributed by atoms with Crippen molar-refractivity contribution in [3.05, 3.63) is 0 Å². The van der Waals surface area contributed by atoms with Crippen LogP contribution in [-0.4, -0.2) is 0 Å². The summed E-state index contributed by atoms with van der Waals surface area (Å²) in [6, 6.07) is 0. The molecule has 5 fully saturated rings. The number of hydrogen-bond donors (Lipinski definition) is 0. The molecule has 0 aromatic heterocycles. The summed E-state index contributed by atoms with van der Waals surface area (Å²) >= 11 is 0. The fourth-order valence-corrected chi connectivity index (χ4v) is 8.61. The second kappa shape index (κ2) is 4.30. The Labute approximate surface area is 131 Å².